The fourth-order valence-electron chi connectivity index (χ4n) is 1.66. The lowest BCUT2D eigenvalue weighted by Gasteiger charge is -2.10. The monoisotopic (exact) mass is 236 g/mol. The number of methoxy groups -OCH3 is 1. The van der Waals surface area contributed by atoms with Crippen molar-refractivity contribution < 1.29 is 9.53 Å². The maximum Gasteiger partial charge on any atom is 0.217 e. The van der Waals surface area contributed by atoms with Crippen LogP contribution in [0.2, 0.25) is 0 Å². The second-order valence-corrected chi connectivity index (χ2v) is 4.06. The number of carbonyl (C=O) groups excluding carboxylic acids is 1. The molecule has 3 N–H and O–H groups in total. The molecule has 1 aromatic carbocycles. The Kier molecular flexibility index (Phi) is 5.49. The van der Waals surface area contributed by atoms with Crippen LogP contribution in [-0.2, 0) is 11.3 Å². The molecule has 1 rings (SSSR count). The van der Waals surface area contributed by atoms with Crippen LogP contribution in [0.3, 0.4) is 0 Å². The molecule has 0 bridgehead atoms. The number of carbonyl (C=O) groups is 1. The van der Waals surface area contributed by atoms with Gasteiger partial charge in [0.1, 0.15) is 5.75 Å². The summed E-state index contributed by atoms with van der Waals surface area (Å²) < 4.78 is 5.28. The zero-order valence-electron chi connectivity index (χ0n) is 10.5. The molecule has 0 aliphatic heterocycles. The van der Waals surface area contributed by atoms with Crippen molar-refractivity contribution in [2.24, 2.45) is 5.73 Å². The Balaban J connectivity index is 2.40. The summed E-state index contributed by atoms with van der Waals surface area (Å²) in [5, 5.41) is 3.27. The molecule has 94 valence electrons. The number of rotatable bonds is 7. The highest BCUT2D eigenvalue weighted by atomic mass is 16.5. The van der Waals surface area contributed by atoms with Crippen molar-refractivity contribution in [2.45, 2.75) is 26.3 Å². The molecular weight excluding hydrogens is 216 g/mol. The van der Waals surface area contributed by atoms with Crippen LogP contribution in [0, 0.1) is 6.92 Å². The van der Waals surface area contributed by atoms with E-state index < -0.39 is 0 Å². The van der Waals surface area contributed by atoms with Crippen LogP contribution in [0.5, 0.6) is 5.75 Å². The maximum atomic E-state index is 10.6. The molecule has 0 atom stereocenters. The van der Waals surface area contributed by atoms with Gasteiger partial charge in [-0.1, -0.05) is 17.7 Å². The van der Waals surface area contributed by atoms with Crippen molar-refractivity contribution in [3.05, 3.63) is 29.3 Å². The van der Waals surface area contributed by atoms with E-state index in [1.165, 1.54) is 5.56 Å². The average Bonchev–Trinajstić information content (AvgIpc) is 2.28. The van der Waals surface area contributed by atoms with Crippen LogP contribution in [0.4, 0.5) is 0 Å². The van der Waals surface area contributed by atoms with Crippen LogP contribution in [0.15, 0.2) is 18.2 Å². The normalized spacial score (nSPS) is 10.2. The second-order valence-electron chi connectivity index (χ2n) is 4.06. The molecule has 0 radical (unpaired) electrons. The molecule has 1 amide bonds. The van der Waals surface area contributed by atoms with Gasteiger partial charge in [-0.2, -0.15) is 0 Å². The number of hydrogen-bond acceptors (Lipinski definition) is 3. The number of nitrogens with two attached hydrogens (primary N) is 1. The van der Waals surface area contributed by atoms with Gasteiger partial charge in [-0.25, -0.2) is 0 Å². The molecule has 4 nitrogen and oxygen atoms in total. The van der Waals surface area contributed by atoms with Crippen molar-refractivity contribution in [3.63, 3.8) is 0 Å². The Bertz CT molecular complexity index is 378. The largest absolute Gasteiger partial charge is 0.496 e. The third-order valence-corrected chi connectivity index (χ3v) is 2.53. The van der Waals surface area contributed by atoms with Crippen LogP contribution < -0.4 is 15.8 Å². The van der Waals surface area contributed by atoms with E-state index in [4.69, 9.17) is 10.5 Å². The first kappa shape index (κ1) is 13.5. The number of primary amides is 1. The van der Waals surface area contributed by atoms with Gasteiger partial charge in [0, 0.05) is 18.5 Å². The third kappa shape index (κ3) is 4.87. The molecule has 0 spiro atoms. The molecule has 0 heterocycles. The molecule has 0 saturated carbocycles. The minimum atomic E-state index is -0.250. The molecule has 0 saturated heterocycles. The van der Waals surface area contributed by atoms with Gasteiger partial charge < -0.3 is 15.8 Å². The minimum absolute atomic E-state index is 0.250. The molecule has 0 unspecified atom stereocenters. The van der Waals surface area contributed by atoms with Crippen LogP contribution in [0.1, 0.15) is 24.0 Å². The Hall–Kier alpha value is -1.55. The predicted molar refractivity (Wildman–Crippen MR) is 67.9 cm³/mol. The van der Waals surface area contributed by atoms with Crippen molar-refractivity contribution in [1.29, 1.82) is 0 Å². The molecule has 4 heteroatoms. The summed E-state index contributed by atoms with van der Waals surface area (Å²) in [7, 11) is 1.67. The number of amides is 1. The molecule has 17 heavy (non-hydrogen) atoms. The zero-order chi connectivity index (χ0) is 12.7. The highest BCUT2D eigenvalue weighted by Crippen LogP contribution is 2.19. The lowest BCUT2D eigenvalue weighted by atomic mass is 10.1. The van der Waals surface area contributed by atoms with Gasteiger partial charge in [0.05, 0.1) is 7.11 Å². The standard InChI is InChI=1S/C13H20N2O2/c1-10-5-6-12(17-2)11(8-10)9-15-7-3-4-13(14)16/h5-6,8,15H,3-4,7,9H2,1-2H3,(H2,14,16). The van der Waals surface area contributed by atoms with Gasteiger partial charge >= 0.3 is 0 Å². The molecule has 0 fully saturated rings. The number of benzene rings is 1. The summed E-state index contributed by atoms with van der Waals surface area (Å²) in [5.74, 6) is 0.637. The van der Waals surface area contributed by atoms with Crippen molar-refractivity contribution in [2.75, 3.05) is 13.7 Å². The first-order chi connectivity index (χ1) is 8.13. The van der Waals surface area contributed by atoms with Crippen molar-refractivity contribution in [3.8, 4) is 5.75 Å². The van der Waals surface area contributed by atoms with Crippen LogP contribution >= 0.6 is 0 Å². The van der Waals surface area contributed by atoms with E-state index >= 15 is 0 Å². The van der Waals surface area contributed by atoms with Gasteiger partial charge in [-0.3, -0.25) is 4.79 Å². The van der Waals surface area contributed by atoms with E-state index in [1.54, 1.807) is 7.11 Å². The quantitative estimate of drug-likeness (QED) is 0.703. The minimum Gasteiger partial charge on any atom is -0.496 e. The summed E-state index contributed by atoms with van der Waals surface area (Å²) in [4.78, 5) is 10.6. The Morgan fingerprint density at radius 1 is 1.47 bits per heavy atom. The third-order valence-electron chi connectivity index (χ3n) is 2.53. The number of nitrogens with one attached hydrogen (secondary N) is 1. The summed E-state index contributed by atoms with van der Waals surface area (Å²) in [6.07, 6.45) is 1.20. The topological polar surface area (TPSA) is 64.3 Å². The van der Waals surface area contributed by atoms with Crippen LogP contribution in [0.25, 0.3) is 0 Å². The number of ether oxygens (including phenoxy) is 1. The van der Waals surface area contributed by atoms with Gasteiger partial charge in [0.15, 0.2) is 0 Å². The summed E-state index contributed by atoms with van der Waals surface area (Å²) in [6, 6.07) is 6.09. The van der Waals surface area contributed by atoms with E-state index in [9.17, 15) is 4.79 Å². The Labute approximate surface area is 102 Å². The first-order valence-corrected chi connectivity index (χ1v) is 5.76. The predicted octanol–water partition coefficient (Wildman–Crippen LogP) is 1.36. The van der Waals surface area contributed by atoms with Crippen molar-refractivity contribution >= 4 is 5.91 Å². The molecule has 0 aliphatic carbocycles. The van der Waals surface area contributed by atoms with Gasteiger partial charge in [0.2, 0.25) is 5.91 Å². The van der Waals surface area contributed by atoms with E-state index in [2.05, 4.69) is 18.3 Å². The highest BCUT2D eigenvalue weighted by molar-refractivity contribution is 5.73. The van der Waals surface area contributed by atoms with E-state index in [1.807, 2.05) is 12.1 Å². The van der Waals surface area contributed by atoms with E-state index in [-0.39, 0.29) is 5.91 Å². The molecular formula is C13H20N2O2. The maximum absolute atomic E-state index is 10.6. The van der Waals surface area contributed by atoms with Gasteiger partial charge in [0.25, 0.3) is 0 Å². The van der Waals surface area contributed by atoms with Gasteiger partial charge in [-0.15, -0.1) is 0 Å². The fraction of sp³-hybridized carbons (Fsp3) is 0.462. The lowest BCUT2D eigenvalue weighted by Crippen LogP contribution is -2.18. The smallest absolute Gasteiger partial charge is 0.217 e. The summed E-state index contributed by atoms with van der Waals surface area (Å²) in [6.45, 7) is 3.57. The molecule has 0 aliphatic rings. The SMILES string of the molecule is COc1ccc(C)cc1CNCCCC(N)=O. The Morgan fingerprint density at radius 2 is 2.24 bits per heavy atom. The second kappa shape index (κ2) is 6.91. The summed E-state index contributed by atoms with van der Waals surface area (Å²) in [5.41, 5.74) is 7.40. The van der Waals surface area contributed by atoms with E-state index in [0.717, 1.165) is 30.8 Å². The van der Waals surface area contributed by atoms with Crippen LogP contribution in [-0.4, -0.2) is 19.6 Å². The highest BCUT2D eigenvalue weighted by Gasteiger charge is 2.02. The summed E-state index contributed by atoms with van der Waals surface area (Å²) >= 11 is 0. The average molecular weight is 236 g/mol. The fourth-order valence-corrected chi connectivity index (χ4v) is 1.66. The lowest BCUT2D eigenvalue weighted by molar-refractivity contribution is -0.118. The number of aryl methyl sites for hydroxylation is 1. The number of hydrogen-bond donors (Lipinski definition) is 2. The first-order valence-electron chi connectivity index (χ1n) is 5.76. The molecule has 1 aromatic rings. The Morgan fingerprint density at radius 3 is 2.88 bits per heavy atom. The molecule has 0 aromatic heterocycles. The van der Waals surface area contributed by atoms with Crippen molar-refractivity contribution in [1.82, 2.24) is 5.32 Å². The van der Waals surface area contributed by atoms with Gasteiger partial charge in [-0.05, 0) is 26.0 Å². The van der Waals surface area contributed by atoms with E-state index in [0.29, 0.717) is 6.42 Å². The zero-order valence-corrected chi connectivity index (χ0v) is 10.5.